The molecule has 26 heavy (non-hydrogen) atoms. The smallest absolute Gasteiger partial charge is 0.306 e. The van der Waals surface area contributed by atoms with Crippen LogP contribution in [0.5, 0.6) is 11.5 Å². The molecule has 0 radical (unpaired) electrons. The van der Waals surface area contributed by atoms with Gasteiger partial charge in [0.25, 0.3) is 0 Å². The summed E-state index contributed by atoms with van der Waals surface area (Å²) < 4.78 is 29.0. The fraction of sp³-hybridized carbons (Fsp3) is 0.300. The molecule has 0 aromatic heterocycles. The molecule has 0 amide bonds. The van der Waals surface area contributed by atoms with Crippen molar-refractivity contribution in [2.45, 2.75) is 19.3 Å². The van der Waals surface area contributed by atoms with Crippen LogP contribution in [-0.4, -0.2) is 32.6 Å². The van der Waals surface area contributed by atoms with Crippen molar-refractivity contribution in [2.75, 3.05) is 20.8 Å². The second-order valence-corrected chi connectivity index (χ2v) is 5.55. The van der Waals surface area contributed by atoms with Gasteiger partial charge in [-0.05, 0) is 48.9 Å². The van der Waals surface area contributed by atoms with Crippen LogP contribution in [0.3, 0.4) is 0 Å². The van der Waals surface area contributed by atoms with E-state index < -0.39 is 17.7 Å². The number of hydrogen-bond donors (Lipinski definition) is 0. The summed E-state index contributed by atoms with van der Waals surface area (Å²) in [6, 6.07) is 10.8. The van der Waals surface area contributed by atoms with Crippen LogP contribution in [0.4, 0.5) is 4.39 Å². The predicted molar refractivity (Wildman–Crippen MR) is 94.3 cm³/mol. The van der Waals surface area contributed by atoms with Crippen molar-refractivity contribution >= 4 is 11.8 Å². The van der Waals surface area contributed by atoms with Crippen LogP contribution < -0.4 is 9.47 Å². The van der Waals surface area contributed by atoms with Gasteiger partial charge in [0.2, 0.25) is 0 Å². The average molecular weight is 360 g/mol. The van der Waals surface area contributed by atoms with Gasteiger partial charge >= 0.3 is 5.97 Å². The molecule has 0 saturated carbocycles. The molecule has 0 aliphatic carbocycles. The largest absolute Gasteiger partial charge is 0.497 e. The van der Waals surface area contributed by atoms with Crippen molar-refractivity contribution in [1.29, 1.82) is 0 Å². The van der Waals surface area contributed by atoms with E-state index in [2.05, 4.69) is 0 Å². The molecule has 0 saturated heterocycles. The first-order valence-electron chi connectivity index (χ1n) is 8.17. The number of Topliss-reactive ketones (excluding diaryl/α,β-unsaturated/α-hetero) is 1. The van der Waals surface area contributed by atoms with Gasteiger partial charge in [-0.25, -0.2) is 4.39 Å². The second kappa shape index (κ2) is 8.99. The van der Waals surface area contributed by atoms with Crippen LogP contribution in [0.15, 0.2) is 42.5 Å². The third-order valence-electron chi connectivity index (χ3n) is 3.95. The number of benzene rings is 2. The van der Waals surface area contributed by atoms with Gasteiger partial charge in [-0.2, -0.15) is 0 Å². The first-order valence-corrected chi connectivity index (χ1v) is 8.17. The van der Waals surface area contributed by atoms with Crippen LogP contribution in [0.25, 0.3) is 0 Å². The van der Waals surface area contributed by atoms with Gasteiger partial charge in [-0.1, -0.05) is 6.07 Å². The van der Waals surface area contributed by atoms with Crippen molar-refractivity contribution in [3.8, 4) is 11.5 Å². The maximum absolute atomic E-state index is 14.1. The average Bonchev–Trinajstić information content (AvgIpc) is 2.66. The maximum atomic E-state index is 14.1. The minimum atomic E-state index is -0.858. The Hall–Kier alpha value is -2.89. The summed E-state index contributed by atoms with van der Waals surface area (Å²) in [4.78, 5) is 24.9. The Balaban J connectivity index is 2.37. The van der Waals surface area contributed by atoms with E-state index in [1.807, 2.05) is 0 Å². The molecule has 0 N–H and O–H groups in total. The highest BCUT2D eigenvalue weighted by Gasteiger charge is 2.26. The number of halogens is 1. The zero-order chi connectivity index (χ0) is 19.1. The molecule has 2 rings (SSSR count). The van der Waals surface area contributed by atoms with Crippen molar-refractivity contribution in [1.82, 2.24) is 0 Å². The molecule has 2 aromatic carbocycles. The Kier molecular flexibility index (Phi) is 6.72. The third kappa shape index (κ3) is 4.59. The molecule has 0 fully saturated rings. The van der Waals surface area contributed by atoms with Gasteiger partial charge in [0.1, 0.15) is 5.75 Å². The quantitative estimate of drug-likeness (QED) is 0.530. The number of carbonyl (C=O) groups is 2. The Bertz CT molecular complexity index is 770. The summed E-state index contributed by atoms with van der Waals surface area (Å²) >= 11 is 0. The van der Waals surface area contributed by atoms with E-state index in [0.29, 0.717) is 16.9 Å². The monoisotopic (exact) mass is 360 g/mol. The normalized spacial score (nSPS) is 11.5. The summed E-state index contributed by atoms with van der Waals surface area (Å²) in [7, 11) is 2.89. The molecule has 0 bridgehead atoms. The number of ether oxygens (including phenoxy) is 3. The lowest BCUT2D eigenvalue weighted by Gasteiger charge is -2.17. The van der Waals surface area contributed by atoms with Gasteiger partial charge in [0, 0.05) is 5.56 Å². The van der Waals surface area contributed by atoms with Crippen LogP contribution in [0.2, 0.25) is 0 Å². The molecule has 0 heterocycles. The summed E-state index contributed by atoms with van der Waals surface area (Å²) in [5.74, 6) is -1.59. The predicted octanol–water partition coefficient (Wildman–Crippen LogP) is 3.76. The molecule has 2 aromatic rings. The number of hydrogen-bond acceptors (Lipinski definition) is 5. The molecule has 1 atom stereocenters. The maximum Gasteiger partial charge on any atom is 0.306 e. The fourth-order valence-electron chi connectivity index (χ4n) is 2.60. The van der Waals surface area contributed by atoms with Crippen LogP contribution >= 0.6 is 0 Å². The molecule has 5 nitrogen and oxygen atoms in total. The van der Waals surface area contributed by atoms with E-state index in [9.17, 15) is 14.0 Å². The molecule has 138 valence electrons. The Morgan fingerprint density at radius 1 is 1.04 bits per heavy atom. The molecule has 0 aliphatic heterocycles. The van der Waals surface area contributed by atoms with E-state index in [1.54, 1.807) is 37.3 Å². The van der Waals surface area contributed by atoms with Crippen LogP contribution in [0.1, 0.15) is 35.2 Å². The van der Waals surface area contributed by atoms with Gasteiger partial charge < -0.3 is 14.2 Å². The number of methoxy groups -OCH3 is 2. The van der Waals surface area contributed by atoms with Crippen molar-refractivity contribution in [2.24, 2.45) is 0 Å². The Morgan fingerprint density at radius 3 is 2.27 bits per heavy atom. The number of ketones is 1. The highest BCUT2D eigenvalue weighted by molar-refractivity contribution is 6.02. The van der Waals surface area contributed by atoms with E-state index in [-0.39, 0.29) is 24.6 Å². The number of esters is 1. The number of rotatable bonds is 8. The lowest BCUT2D eigenvalue weighted by atomic mass is 9.88. The molecule has 0 spiro atoms. The van der Waals surface area contributed by atoms with Crippen LogP contribution in [0, 0.1) is 5.82 Å². The van der Waals surface area contributed by atoms with Gasteiger partial charge in [-0.3, -0.25) is 9.59 Å². The molecule has 6 heteroatoms. The van der Waals surface area contributed by atoms with Crippen LogP contribution in [-0.2, 0) is 9.53 Å². The highest BCUT2D eigenvalue weighted by atomic mass is 19.1. The van der Waals surface area contributed by atoms with Gasteiger partial charge in [0.05, 0.1) is 33.2 Å². The zero-order valence-electron chi connectivity index (χ0n) is 15.0. The van der Waals surface area contributed by atoms with E-state index in [1.165, 1.54) is 26.4 Å². The molecule has 0 aliphatic rings. The molecular weight excluding hydrogens is 339 g/mol. The van der Waals surface area contributed by atoms with Crippen molar-refractivity contribution < 1.29 is 28.2 Å². The summed E-state index contributed by atoms with van der Waals surface area (Å²) in [5, 5.41) is 0. The summed E-state index contributed by atoms with van der Waals surface area (Å²) in [5.41, 5.74) is 0.786. The minimum absolute atomic E-state index is 0.0699. The van der Waals surface area contributed by atoms with Crippen molar-refractivity contribution in [3.05, 3.63) is 59.4 Å². The zero-order valence-corrected chi connectivity index (χ0v) is 15.0. The summed E-state index contributed by atoms with van der Waals surface area (Å²) in [6.07, 6.45) is -0.176. The number of carbonyl (C=O) groups excluding carboxylic acids is 2. The second-order valence-electron chi connectivity index (χ2n) is 5.55. The van der Waals surface area contributed by atoms with Crippen molar-refractivity contribution in [3.63, 3.8) is 0 Å². The first-order chi connectivity index (χ1) is 12.5. The van der Waals surface area contributed by atoms with E-state index >= 15 is 0 Å². The lowest BCUT2D eigenvalue weighted by Crippen LogP contribution is -2.19. The third-order valence-corrected chi connectivity index (χ3v) is 3.95. The van der Waals surface area contributed by atoms with E-state index in [4.69, 9.17) is 14.2 Å². The Labute approximate surface area is 151 Å². The SMILES string of the molecule is CCOC(=O)CC(C(=O)c1ccc(OC)cc1)c1ccc(OC)c(F)c1. The molecular formula is C20H21FO5. The lowest BCUT2D eigenvalue weighted by molar-refractivity contribution is -0.143. The fourth-order valence-corrected chi connectivity index (χ4v) is 2.60. The van der Waals surface area contributed by atoms with Gasteiger partial charge in [0.15, 0.2) is 17.3 Å². The standard InChI is InChI=1S/C20H21FO5/c1-4-26-19(22)12-16(14-7-10-18(25-3)17(21)11-14)20(23)13-5-8-15(24-2)9-6-13/h5-11,16H,4,12H2,1-3H3. The van der Waals surface area contributed by atoms with E-state index in [0.717, 1.165) is 0 Å². The topological polar surface area (TPSA) is 61.8 Å². The summed E-state index contributed by atoms with van der Waals surface area (Å²) in [6.45, 7) is 1.89. The highest BCUT2D eigenvalue weighted by Crippen LogP contribution is 2.29. The van der Waals surface area contributed by atoms with Gasteiger partial charge in [-0.15, -0.1) is 0 Å². The molecule has 1 unspecified atom stereocenters. The first kappa shape index (κ1) is 19.4. The Morgan fingerprint density at radius 2 is 1.73 bits per heavy atom. The minimum Gasteiger partial charge on any atom is -0.497 e.